The molecule has 2 atom stereocenters. The summed E-state index contributed by atoms with van der Waals surface area (Å²) < 4.78 is 272. The lowest BCUT2D eigenvalue weighted by atomic mass is 9.97. The SMILES string of the molecule is CCCCCCCCCCOc1cnc(-c2ccccc2OC(OC(F)C(F)(F)F)C(F)(F)OC(F)(F)C(F)(F)C(F)(F)C(F)(F)C(F)(F)C(F)(F)F)nc1. The molecule has 0 spiro atoms. The molecule has 1 heterocycles. The topological polar surface area (TPSA) is 62.7 Å². The summed E-state index contributed by atoms with van der Waals surface area (Å²) in [5.41, 5.74) is -0.693. The number of unbranched alkanes of at least 4 members (excludes halogenated alkanes) is 7. The van der Waals surface area contributed by atoms with E-state index in [0.717, 1.165) is 75.5 Å². The first-order valence-electron chi connectivity index (χ1n) is 15.6. The summed E-state index contributed by atoms with van der Waals surface area (Å²) >= 11 is 0. The second-order valence-corrected chi connectivity index (χ2v) is 11.5. The fraction of sp³-hybridized carbons (Fsp3) is 0.667. The van der Waals surface area contributed by atoms with E-state index in [2.05, 4.69) is 31.1 Å². The minimum Gasteiger partial charge on any atom is -0.490 e. The maximum Gasteiger partial charge on any atom is 0.460 e. The van der Waals surface area contributed by atoms with Crippen LogP contribution in [0.25, 0.3) is 11.4 Å². The van der Waals surface area contributed by atoms with Crippen LogP contribution in [-0.4, -0.2) is 77.5 Å². The van der Waals surface area contributed by atoms with Crippen molar-refractivity contribution in [3.63, 3.8) is 0 Å². The average Bonchev–Trinajstić information content (AvgIpc) is 3.06. The van der Waals surface area contributed by atoms with E-state index in [0.29, 0.717) is 12.5 Å². The summed E-state index contributed by atoms with van der Waals surface area (Å²) in [5.74, 6) is -35.8. The first-order chi connectivity index (χ1) is 25.0. The molecule has 0 saturated carbocycles. The molecule has 0 N–H and O–H groups in total. The van der Waals surface area contributed by atoms with Gasteiger partial charge in [-0.1, -0.05) is 64.0 Å². The standard InChI is InChI=1S/C30H29F19N2O4/c1-2-3-4-5-6-7-8-11-14-52-17-15-50-20(51-16-17)18-12-9-10-13-19(18)53-22(54-21(31)23(32,33)34)24(35,36)55-30(48,49)28(43,44)26(39,40)25(37,38)27(41,42)29(45,46)47/h9-10,12-13,15-16,21-22H,2-8,11,14H2,1H3. The number of aromatic nitrogens is 2. The van der Waals surface area contributed by atoms with Gasteiger partial charge >= 0.3 is 48.3 Å². The summed E-state index contributed by atoms with van der Waals surface area (Å²) in [5, 5.41) is 0. The molecule has 25 heteroatoms. The molecule has 316 valence electrons. The third kappa shape index (κ3) is 11.1. The molecular weight excluding hydrogens is 813 g/mol. The van der Waals surface area contributed by atoms with Crippen LogP contribution in [0.2, 0.25) is 0 Å². The van der Waals surface area contributed by atoms with Crippen molar-refractivity contribution >= 4 is 0 Å². The molecule has 0 aliphatic rings. The summed E-state index contributed by atoms with van der Waals surface area (Å²) in [6.45, 7) is 2.24. The lowest BCUT2D eigenvalue weighted by Crippen LogP contribution is -2.71. The number of para-hydroxylation sites is 1. The molecule has 0 saturated heterocycles. The molecule has 2 aromatic rings. The van der Waals surface area contributed by atoms with E-state index >= 15 is 0 Å². The van der Waals surface area contributed by atoms with Crippen LogP contribution in [0.4, 0.5) is 83.4 Å². The van der Waals surface area contributed by atoms with Gasteiger partial charge in [0.15, 0.2) is 11.6 Å². The van der Waals surface area contributed by atoms with E-state index < -0.39 is 78.0 Å². The van der Waals surface area contributed by atoms with E-state index in [1.54, 1.807) is 0 Å². The van der Waals surface area contributed by atoms with Crippen LogP contribution in [0.3, 0.4) is 0 Å². The zero-order valence-electron chi connectivity index (χ0n) is 27.7. The summed E-state index contributed by atoms with van der Waals surface area (Å²) in [7, 11) is 0. The molecule has 0 radical (unpaired) electrons. The Morgan fingerprint density at radius 1 is 0.618 bits per heavy atom. The van der Waals surface area contributed by atoms with Crippen molar-refractivity contribution in [2.45, 2.75) is 119 Å². The van der Waals surface area contributed by atoms with Crippen molar-refractivity contribution in [3.8, 4) is 22.9 Å². The zero-order valence-corrected chi connectivity index (χ0v) is 27.7. The van der Waals surface area contributed by atoms with Gasteiger partial charge in [0, 0.05) is 0 Å². The smallest absolute Gasteiger partial charge is 0.460 e. The molecule has 1 aromatic carbocycles. The van der Waals surface area contributed by atoms with Crippen molar-refractivity contribution in [3.05, 3.63) is 36.7 Å². The third-order valence-electron chi connectivity index (χ3n) is 7.20. The third-order valence-corrected chi connectivity index (χ3v) is 7.20. The van der Waals surface area contributed by atoms with Crippen LogP contribution in [-0.2, 0) is 9.47 Å². The molecule has 0 fully saturated rings. The molecule has 1 aromatic heterocycles. The molecule has 2 rings (SSSR count). The summed E-state index contributed by atoms with van der Waals surface area (Å²) in [6, 6.07) is 3.15. The van der Waals surface area contributed by atoms with Gasteiger partial charge in [0.1, 0.15) is 5.75 Å². The van der Waals surface area contributed by atoms with Crippen LogP contribution in [0.5, 0.6) is 11.5 Å². The van der Waals surface area contributed by atoms with E-state index in [1.807, 2.05) is 0 Å². The maximum atomic E-state index is 14.9. The molecule has 0 bridgehead atoms. The Hall–Kier alpha value is -3.51. The van der Waals surface area contributed by atoms with Crippen LogP contribution in [0.1, 0.15) is 58.3 Å². The highest BCUT2D eigenvalue weighted by Gasteiger charge is 2.92. The highest BCUT2D eigenvalue weighted by Crippen LogP contribution is 2.61. The van der Waals surface area contributed by atoms with Crippen LogP contribution in [0.15, 0.2) is 36.7 Å². The summed E-state index contributed by atoms with van der Waals surface area (Å²) in [4.78, 5) is 7.54. The Bertz CT molecular complexity index is 1490. The van der Waals surface area contributed by atoms with E-state index in [-0.39, 0.29) is 12.4 Å². The number of ether oxygens (including phenoxy) is 4. The molecule has 55 heavy (non-hydrogen) atoms. The van der Waals surface area contributed by atoms with Crippen molar-refractivity contribution in [1.29, 1.82) is 0 Å². The van der Waals surface area contributed by atoms with Crippen molar-refractivity contribution in [2.24, 2.45) is 0 Å². The first-order valence-corrected chi connectivity index (χ1v) is 15.6. The highest BCUT2D eigenvalue weighted by atomic mass is 19.4. The Kier molecular flexibility index (Phi) is 15.4. The van der Waals surface area contributed by atoms with Gasteiger partial charge in [-0.3, -0.25) is 4.74 Å². The lowest BCUT2D eigenvalue weighted by Gasteiger charge is -2.40. The minimum absolute atomic E-state index is 0.00946. The predicted molar refractivity (Wildman–Crippen MR) is 149 cm³/mol. The predicted octanol–water partition coefficient (Wildman–Crippen LogP) is 11.5. The van der Waals surface area contributed by atoms with Crippen molar-refractivity contribution in [1.82, 2.24) is 9.97 Å². The number of benzene rings is 1. The largest absolute Gasteiger partial charge is 0.490 e. The van der Waals surface area contributed by atoms with Gasteiger partial charge in [-0.2, -0.15) is 79.0 Å². The fourth-order valence-corrected chi connectivity index (χ4v) is 4.22. The number of hydrogen-bond acceptors (Lipinski definition) is 6. The fourth-order valence-electron chi connectivity index (χ4n) is 4.22. The molecule has 6 nitrogen and oxygen atoms in total. The molecular formula is C30H29F19N2O4. The zero-order chi connectivity index (χ0) is 42.3. The second kappa shape index (κ2) is 17.7. The minimum atomic E-state index is -8.63. The van der Waals surface area contributed by atoms with E-state index in [4.69, 9.17) is 4.74 Å². The number of nitrogens with zero attached hydrogens (tertiary/aromatic N) is 2. The van der Waals surface area contributed by atoms with Gasteiger partial charge in [-0.05, 0) is 18.6 Å². The monoisotopic (exact) mass is 842 g/mol. The molecule has 2 unspecified atom stereocenters. The van der Waals surface area contributed by atoms with Gasteiger partial charge in [0.05, 0.1) is 24.6 Å². The Balaban J connectivity index is 2.39. The van der Waals surface area contributed by atoms with Gasteiger partial charge < -0.3 is 9.47 Å². The van der Waals surface area contributed by atoms with Crippen molar-refractivity contribution in [2.75, 3.05) is 6.61 Å². The molecule has 0 amide bonds. The van der Waals surface area contributed by atoms with Crippen LogP contribution < -0.4 is 9.47 Å². The molecule has 0 aliphatic heterocycles. The normalized spacial score (nSPS) is 15.2. The number of alkyl halides is 19. The van der Waals surface area contributed by atoms with Gasteiger partial charge in [-0.25, -0.2) is 19.1 Å². The first kappa shape index (κ1) is 47.6. The van der Waals surface area contributed by atoms with Crippen molar-refractivity contribution < 1.29 is 102 Å². The maximum absolute atomic E-state index is 14.9. The van der Waals surface area contributed by atoms with Crippen LogP contribution >= 0.6 is 0 Å². The van der Waals surface area contributed by atoms with E-state index in [9.17, 15) is 83.4 Å². The van der Waals surface area contributed by atoms with E-state index in [1.165, 1.54) is 0 Å². The second-order valence-electron chi connectivity index (χ2n) is 11.5. The Morgan fingerprint density at radius 2 is 1.11 bits per heavy atom. The lowest BCUT2D eigenvalue weighted by molar-refractivity contribution is -0.508. The van der Waals surface area contributed by atoms with Crippen LogP contribution in [0, 0.1) is 0 Å². The highest BCUT2D eigenvalue weighted by molar-refractivity contribution is 5.63. The van der Waals surface area contributed by atoms with Gasteiger partial charge in [-0.15, -0.1) is 0 Å². The quantitative estimate of drug-likeness (QED) is 0.0668. The number of hydrogen-bond donors (Lipinski definition) is 0. The average molecular weight is 843 g/mol. The Labute approximate surface area is 298 Å². The van der Waals surface area contributed by atoms with Gasteiger partial charge in [0.25, 0.3) is 12.6 Å². The summed E-state index contributed by atoms with van der Waals surface area (Å²) in [6.07, 6.45) is -29.2. The Morgan fingerprint density at radius 3 is 1.62 bits per heavy atom. The number of rotatable bonds is 22. The molecule has 0 aliphatic carbocycles. The number of halogens is 19. The van der Waals surface area contributed by atoms with Gasteiger partial charge in [0.2, 0.25) is 0 Å².